The number of nitrogens with zero attached hydrogens (tertiary/aromatic N) is 2. The Balaban J connectivity index is 1.70. The first-order valence-electron chi connectivity index (χ1n) is 9.90. The quantitative estimate of drug-likeness (QED) is 0.727. The Morgan fingerprint density at radius 1 is 1.39 bits per heavy atom. The van der Waals surface area contributed by atoms with Crippen LogP contribution in [-0.2, 0) is 11.2 Å². The van der Waals surface area contributed by atoms with E-state index in [1.165, 1.54) is 17.4 Å². The molecule has 0 spiro atoms. The minimum absolute atomic E-state index is 0.0867. The van der Waals surface area contributed by atoms with Crippen molar-refractivity contribution in [2.75, 3.05) is 32.8 Å². The summed E-state index contributed by atoms with van der Waals surface area (Å²) in [4.78, 5) is 20.2. The second kappa shape index (κ2) is 10.1. The molecule has 1 aromatic heterocycles. The van der Waals surface area contributed by atoms with E-state index in [4.69, 9.17) is 4.74 Å². The molecule has 0 saturated carbocycles. The molecule has 5 nitrogen and oxygen atoms in total. The summed E-state index contributed by atoms with van der Waals surface area (Å²) in [5.41, 5.74) is 1.65. The Kier molecular flexibility index (Phi) is 7.53. The van der Waals surface area contributed by atoms with Gasteiger partial charge in [-0.2, -0.15) is 0 Å². The summed E-state index contributed by atoms with van der Waals surface area (Å²) in [5.74, 6) is -0.367. The Bertz CT molecular complexity index is 790. The van der Waals surface area contributed by atoms with Crippen molar-refractivity contribution in [1.29, 1.82) is 0 Å². The number of thiazole rings is 1. The van der Waals surface area contributed by atoms with Crippen molar-refractivity contribution in [3.8, 4) is 0 Å². The summed E-state index contributed by atoms with van der Waals surface area (Å²) >= 11 is 1.48. The van der Waals surface area contributed by atoms with Gasteiger partial charge in [-0.1, -0.05) is 25.5 Å². The number of carbonyl (C=O) groups is 1. The molecule has 0 bridgehead atoms. The molecule has 1 unspecified atom stereocenters. The van der Waals surface area contributed by atoms with E-state index in [0.29, 0.717) is 24.6 Å². The summed E-state index contributed by atoms with van der Waals surface area (Å²) in [6.07, 6.45) is 3.09. The average Bonchev–Trinajstić information content (AvgIpc) is 3.08. The van der Waals surface area contributed by atoms with Crippen molar-refractivity contribution in [3.63, 3.8) is 0 Å². The SMILES string of the molecule is CCCCc1nc(C)c(C(=O)NCC(c2cccc(F)c2)N2CCOCC2)s1. The third-order valence-electron chi connectivity index (χ3n) is 4.97. The van der Waals surface area contributed by atoms with Crippen LogP contribution in [0.1, 0.15) is 51.7 Å². The van der Waals surface area contributed by atoms with Crippen LogP contribution in [0.4, 0.5) is 4.39 Å². The predicted octanol–water partition coefficient (Wildman–Crippen LogP) is 3.74. The molecule has 1 fully saturated rings. The molecule has 0 radical (unpaired) electrons. The zero-order valence-corrected chi connectivity index (χ0v) is 17.4. The second-order valence-electron chi connectivity index (χ2n) is 7.05. The molecule has 1 N–H and O–H groups in total. The van der Waals surface area contributed by atoms with Gasteiger partial charge in [-0.3, -0.25) is 9.69 Å². The average molecular weight is 406 g/mol. The number of amides is 1. The van der Waals surface area contributed by atoms with Gasteiger partial charge in [0.15, 0.2) is 0 Å². The lowest BCUT2D eigenvalue weighted by Crippen LogP contribution is -2.43. The number of morpholine rings is 1. The number of nitrogens with one attached hydrogen (secondary N) is 1. The van der Waals surface area contributed by atoms with Crippen molar-refractivity contribution < 1.29 is 13.9 Å². The van der Waals surface area contributed by atoms with Crippen LogP contribution in [0.25, 0.3) is 0 Å². The van der Waals surface area contributed by atoms with E-state index in [1.807, 2.05) is 13.0 Å². The topological polar surface area (TPSA) is 54.5 Å². The lowest BCUT2D eigenvalue weighted by Gasteiger charge is -2.34. The first-order valence-corrected chi connectivity index (χ1v) is 10.7. The van der Waals surface area contributed by atoms with Gasteiger partial charge in [0.25, 0.3) is 5.91 Å². The van der Waals surface area contributed by atoms with Crippen molar-refractivity contribution >= 4 is 17.2 Å². The van der Waals surface area contributed by atoms with Gasteiger partial charge >= 0.3 is 0 Å². The third kappa shape index (κ3) is 5.37. The molecule has 3 rings (SSSR count). The van der Waals surface area contributed by atoms with Crippen LogP contribution in [0, 0.1) is 12.7 Å². The standard InChI is InChI=1S/C21H28FN3O2S/c1-3-4-8-19-24-15(2)20(28-19)21(26)23-14-18(25-9-11-27-12-10-25)16-6-5-7-17(22)13-16/h5-7,13,18H,3-4,8-12,14H2,1-2H3,(H,23,26). The second-order valence-corrected chi connectivity index (χ2v) is 8.14. The van der Waals surface area contributed by atoms with Crippen LogP contribution >= 0.6 is 11.3 Å². The van der Waals surface area contributed by atoms with Crippen molar-refractivity contribution in [1.82, 2.24) is 15.2 Å². The van der Waals surface area contributed by atoms with E-state index >= 15 is 0 Å². The number of unbranched alkanes of at least 4 members (excludes halogenated alkanes) is 1. The minimum atomic E-state index is -0.263. The highest BCUT2D eigenvalue weighted by Gasteiger charge is 2.24. The number of ether oxygens (including phenoxy) is 1. The predicted molar refractivity (Wildman–Crippen MR) is 109 cm³/mol. The normalized spacial score (nSPS) is 16.1. The highest BCUT2D eigenvalue weighted by Crippen LogP contribution is 2.23. The number of halogens is 1. The molecule has 1 aliphatic rings. The fraction of sp³-hybridized carbons (Fsp3) is 0.524. The van der Waals surface area contributed by atoms with Crippen LogP contribution in [0.5, 0.6) is 0 Å². The van der Waals surface area contributed by atoms with Gasteiger partial charge in [0.1, 0.15) is 10.7 Å². The summed E-state index contributed by atoms with van der Waals surface area (Å²) in [5, 5.41) is 4.06. The van der Waals surface area contributed by atoms with Gasteiger partial charge < -0.3 is 10.1 Å². The minimum Gasteiger partial charge on any atom is -0.379 e. The third-order valence-corrected chi connectivity index (χ3v) is 6.18. The van der Waals surface area contributed by atoms with E-state index in [0.717, 1.165) is 48.6 Å². The Morgan fingerprint density at radius 2 is 2.18 bits per heavy atom. The van der Waals surface area contributed by atoms with Crippen LogP contribution in [-0.4, -0.2) is 48.6 Å². The monoisotopic (exact) mass is 405 g/mol. The van der Waals surface area contributed by atoms with Gasteiger partial charge in [-0.05, 0) is 37.5 Å². The molecule has 1 saturated heterocycles. The van der Waals surface area contributed by atoms with Gasteiger partial charge in [0.2, 0.25) is 0 Å². The number of aromatic nitrogens is 1. The number of carbonyl (C=O) groups excluding carboxylic acids is 1. The maximum absolute atomic E-state index is 13.8. The van der Waals surface area contributed by atoms with E-state index in [2.05, 4.69) is 22.1 Å². The molecule has 152 valence electrons. The first kappa shape index (κ1) is 20.9. The van der Waals surface area contributed by atoms with Gasteiger partial charge in [-0.15, -0.1) is 11.3 Å². The number of benzene rings is 1. The molecule has 2 heterocycles. The largest absolute Gasteiger partial charge is 0.379 e. The highest BCUT2D eigenvalue weighted by atomic mass is 32.1. The molecule has 28 heavy (non-hydrogen) atoms. The fourth-order valence-corrected chi connectivity index (χ4v) is 4.45. The van der Waals surface area contributed by atoms with Crippen LogP contribution in [0.15, 0.2) is 24.3 Å². The summed E-state index contributed by atoms with van der Waals surface area (Å²) in [6, 6.07) is 6.53. The molecular formula is C21H28FN3O2S. The molecule has 1 atom stereocenters. The lowest BCUT2D eigenvalue weighted by atomic mass is 10.0. The Labute approximate surface area is 169 Å². The highest BCUT2D eigenvalue weighted by molar-refractivity contribution is 7.13. The van der Waals surface area contributed by atoms with E-state index in [9.17, 15) is 9.18 Å². The number of hydrogen-bond donors (Lipinski definition) is 1. The zero-order valence-electron chi connectivity index (χ0n) is 16.5. The van der Waals surface area contributed by atoms with Crippen LogP contribution in [0.2, 0.25) is 0 Å². The van der Waals surface area contributed by atoms with Crippen LogP contribution < -0.4 is 5.32 Å². The molecule has 1 amide bonds. The van der Waals surface area contributed by atoms with Crippen LogP contribution in [0.3, 0.4) is 0 Å². The fourth-order valence-electron chi connectivity index (χ4n) is 3.43. The smallest absolute Gasteiger partial charge is 0.263 e. The molecule has 0 aliphatic carbocycles. The van der Waals surface area contributed by atoms with Gasteiger partial charge in [0.05, 0.1) is 30.0 Å². The van der Waals surface area contributed by atoms with Gasteiger partial charge in [0, 0.05) is 19.6 Å². The Hall–Kier alpha value is -1.83. The lowest BCUT2D eigenvalue weighted by molar-refractivity contribution is 0.0162. The number of aryl methyl sites for hydroxylation is 2. The maximum Gasteiger partial charge on any atom is 0.263 e. The first-order chi connectivity index (χ1) is 13.6. The van der Waals surface area contributed by atoms with Crippen molar-refractivity contribution in [2.45, 2.75) is 39.2 Å². The van der Waals surface area contributed by atoms with E-state index in [1.54, 1.807) is 12.1 Å². The molecule has 1 aliphatic heterocycles. The Morgan fingerprint density at radius 3 is 2.89 bits per heavy atom. The summed E-state index contributed by atoms with van der Waals surface area (Å²) < 4.78 is 19.2. The zero-order chi connectivity index (χ0) is 19.9. The van der Waals surface area contributed by atoms with Gasteiger partial charge in [-0.25, -0.2) is 9.37 Å². The van der Waals surface area contributed by atoms with Crippen molar-refractivity contribution in [3.05, 3.63) is 51.2 Å². The van der Waals surface area contributed by atoms with Crippen molar-refractivity contribution in [2.24, 2.45) is 0 Å². The molecule has 1 aromatic carbocycles. The number of hydrogen-bond acceptors (Lipinski definition) is 5. The van der Waals surface area contributed by atoms with E-state index in [-0.39, 0.29) is 17.8 Å². The maximum atomic E-state index is 13.8. The van der Waals surface area contributed by atoms with E-state index < -0.39 is 0 Å². The number of rotatable bonds is 8. The summed E-state index contributed by atoms with van der Waals surface area (Å²) in [7, 11) is 0. The molecule has 2 aromatic rings. The summed E-state index contributed by atoms with van der Waals surface area (Å²) in [6.45, 7) is 7.27. The molecular weight excluding hydrogens is 377 g/mol. The molecule has 7 heteroatoms.